The maximum atomic E-state index is 12.9. The lowest BCUT2D eigenvalue weighted by Gasteiger charge is -2.16. The largest absolute Gasteiger partial charge is 0.366 e. The number of hydrogen-bond donors (Lipinski definition) is 2. The first-order valence-corrected chi connectivity index (χ1v) is 9.48. The lowest BCUT2D eigenvalue weighted by atomic mass is 9.98. The topological polar surface area (TPSA) is 66.9 Å². The van der Waals surface area contributed by atoms with E-state index in [-0.39, 0.29) is 5.91 Å². The summed E-state index contributed by atoms with van der Waals surface area (Å²) in [5, 5.41) is 6.32. The number of anilines is 2. The van der Waals surface area contributed by atoms with E-state index in [0.717, 1.165) is 22.4 Å². The van der Waals surface area contributed by atoms with E-state index in [1.807, 2.05) is 55.5 Å². The highest BCUT2D eigenvalue weighted by Gasteiger charge is 2.15. The average Bonchev–Trinajstić information content (AvgIpc) is 2.68. The summed E-state index contributed by atoms with van der Waals surface area (Å²) < 4.78 is 0. The van der Waals surface area contributed by atoms with Gasteiger partial charge in [0.05, 0.1) is 0 Å². The van der Waals surface area contributed by atoms with Crippen molar-refractivity contribution in [3.63, 3.8) is 0 Å². The third-order valence-electron chi connectivity index (χ3n) is 4.55. The molecule has 0 radical (unpaired) electrons. The Labute approximate surface area is 166 Å². The van der Waals surface area contributed by atoms with Crippen molar-refractivity contribution in [2.24, 2.45) is 0 Å². The molecular weight excluding hydrogens is 348 g/mol. The molecule has 5 nitrogen and oxygen atoms in total. The minimum atomic E-state index is -0.232. The van der Waals surface area contributed by atoms with Gasteiger partial charge in [0.25, 0.3) is 5.91 Å². The van der Waals surface area contributed by atoms with Crippen LogP contribution in [-0.4, -0.2) is 15.9 Å². The smallest absolute Gasteiger partial charge is 0.274 e. The number of nitrogens with one attached hydrogen (secondary N) is 2. The van der Waals surface area contributed by atoms with Crippen molar-refractivity contribution in [1.29, 1.82) is 0 Å². The number of aryl methyl sites for hydroxylation is 2. The average molecular weight is 374 g/mol. The second-order valence-electron chi connectivity index (χ2n) is 7.17. The molecule has 144 valence electrons. The molecule has 2 aromatic carbocycles. The van der Waals surface area contributed by atoms with Gasteiger partial charge in [-0.25, -0.2) is 9.97 Å². The number of rotatable bonds is 6. The zero-order valence-corrected chi connectivity index (χ0v) is 16.8. The fraction of sp³-hybridized carbons (Fsp3) is 0.261. The molecule has 5 heteroatoms. The number of amides is 1. The van der Waals surface area contributed by atoms with Crippen molar-refractivity contribution in [2.45, 2.75) is 40.2 Å². The second-order valence-corrected chi connectivity index (χ2v) is 7.17. The number of hydrogen-bond acceptors (Lipinski definition) is 4. The number of benzene rings is 2. The summed E-state index contributed by atoms with van der Waals surface area (Å²) in [6.45, 7) is 8.65. The van der Waals surface area contributed by atoms with E-state index >= 15 is 0 Å². The van der Waals surface area contributed by atoms with Gasteiger partial charge in [0.2, 0.25) is 0 Å². The van der Waals surface area contributed by atoms with Gasteiger partial charge in [-0.2, -0.15) is 0 Å². The third-order valence-corrected chi connectivity index (χ3v) is 4.55. The Morgan fingerprint density at radius 2 is 1.75 bits per heavy atom. The summed E-state index contributed by atoms with van der Waals surface area (Å²) >= 11 is 0. The maximum absolute atomic E-state index is 12.9. The Kier molecular flexibility index (Phi) is 6.04. The van der Waals surface area contributed by atoms with Crippen molar-refractivity contribution >= 4 is 17.4 Å². The standard InChI is InChI=1S/C23H26N4O/c1-15(2)19-12-8-9-16(3)22(19)27-23(28)20-13-21(26-17(4)25-20)24-14-18-10-6-5-7-11-18/h5-13,15H,14H2,1-4H3,(H,27,28)(H,24,25,26). The molecule has 0 saturated carbocycles. The van der Waals surface area contributed by atoms with E-state index in [4.69, 9.17) is 0 Å². The summed E-state index contributed by atoms with van der Waals surface area (Å²) in [6, 6.07) is 17.8. The Hall–Kier alpha value is -3.21. The highest BCUT2D eigenvalue weighted by Crippen LogP contribution is 2.27. The maximum Gasteiger partial charge on any atom is 0.274 e. The SMILES string of the molecule is Cc1nc(NCc2ccccc2)cc(C(=O)Nc2c(C)cccc2C(C)C)n1. The van der Waals surface area contributed by atoms with Crippen LogP contribution in [0.5, 0.6) is 0 Å². The van der Waals surface area contributed by atoms with Gasteiger partial charge in [0, 0.05) is 18.3 Å². The molecule has 0 fully saturated rings. The quantitative estimate of drug-likeness (QED) is 0.631. The lowest BCUT2D eigenvalue weighted by molar-refractivity contribution is 0.102. The molecule has 0 aliphatic heterocycles. The van der Waals surface area contributed by atoms with Crippen LogP contribution in [0, 0.1) is 13.8 Å². The normalized spacial score (nSPS) is 10.8. The molecule has 28 heavy (non-hydrogen) atoms. The molecular formula is C23H26N4O. The molecule has 2 N–H and O–H groups in total. The zero-order valence-electron chi connectivity index (χ0n) is 16.8. The molecule has 0 bridgehead atoms. The van der Waals surface area contributed by atoms with Crippen molar-refractivity contribution in [2.75, 3.05) is 10.6 Å². The van der Waals surface area contributed by atoms with Gasteiger partial charge in [-0.05, 0) is 36.5 Å². The van der Waals surface area contributed by atoms with Crippen LogP contribution in [0.4, 0.5) is 11.5 Å². The van der Waals surface area contributed by atoms with Gasteiger partial charge >= 0.3 is 0 Å². The Morgan fingerprint density at radius 1 is 1.00 bits per heavy atom. The van der Waals surface area contributed by atoms with Crippen molar-refractivity contribution in [1.82, 2.24) is 9.97 Å². The molecule has 0 aliphatic rings. The summed E-state index contributed by atoms with van der Waals surface area (Å²) in [7, 11) is 0. The summed E-state index contributed by atoms with van der Waals surface area (Å²) in [5.41, 5.74) is 4.50. The molecule has 3 rings (SSSR count). The number of carbonyl (C=O) groups is 1. The fourth-order valence-corrected chi connectivity index (χ4v) is 3.08. The van der Waals surface area contributed by atoms with Crippen LogP contribution < -0.4 is 10.6 Å². The van der Waals surface area contributed by atoms with Crippen LogP contribution in [0.2, 0.25) is 0 Å². The monoisotopic (exact) mass is 374 g/mol. The van der Waals surface area contributed by atoms with E-state index in [1.165, 1.54) is 0 Å². The third kappa shape index (κ3) is 4.74. The predicted octanol–water partition coefficient (Wildman–Crippen LogP) is 5.08. The summed E-state index contributed by atoms with van der Waals surface area (Å²) in [4.78, 5) is 21.6. The number of aromatic nitrogens is 2. The first-order chi connectivity index (χ1) is 13.4. The number of nitrogens with zero attached hydrogens (tertiary/aromatic N) is 2. The van der Waals surface area contributed by atoms with E-state index in [0.29, 0.717) is 29.8 Å². The van der Waals surface area contributed by atoms with Gasteiger partial charge in [-0.15, -0.1) is 0 Å². The van der Waals surface area contributed by atoms with Gasteiger partial charge in [-0.3, -0.25) is 4.79 Å². The molecule has 0 saturated heterocycles. The number of para-hydroxylation sites is 1. The molecule has 0 spiro atoms. The van der Waals surface area contributed by atoms with Gasteiger partial charge < -0.3 is 10.6 Å². The molecule has 0 atom stereocenters. The molecule has 1 amide bonds. The number of carbonyl (C=O) groups excluding carboxylic acids is 1. The van der Waals surface area contributed by atoms with Crippen molar-refractivity contribution < 1.29 is 4.79 Å². The van der Waals surface area contributed by atoms with Crippen LogP contribution in [0.1, 0.15) is 52.8 Å². The van der Waals surface area contributed by atoms with Crippen molar-refractivity contribution in [3.05, 3.63) is 82.8 Å². The minimum Gasteiger partial charge on any atom is -0.366 e. The first kappa shape index (κ1) is 19.5. The molecule has 0 aliphatic carbocycles. The van der Waals surface area contributed by atoms with E-state index in [9.17, 15) is 4.79 Å². The highest BCUT2D eigenvalue weighted by atomic mass is 16.1. The van der Waals surface area contributed by atoms with Crippen LogP contribution in [0.3, 0.4) is 0 Å². The van der Waals surface area contributed by atoms with Crippen LogP contribution >= 0.6 is 0 Å². The van der Waals surface area contributed by atoms with Crippen LogP contribution in [0.15, 0.2) is 54.6 Å². The summed E-state index contributed by atoms with van der Waals surface area (Å²) in [5.74, 6) is 1.27. The zero-order chi connectivity index (χ0) is 20.1. The predicted molar refractivity (Wildman–Crippen MR) is 114 cm³/mol. The molecule has 0 unspecified atom stereocenters. The van der Waals surface area contributed by atoms with E-state index in [1.54, 1.807) is 13.0 Å². The Morgan fingerprint density at radius 3 is 2.46 bits per heavy atom. The highest BCUT2D eigenvalue weighted by molar-refractivity contribution is 6.04. The minimum absolute atomic E-state index is 0.232. The van der Waals surface area contributed by atoms with E-state index in [2.05, 4.69) is 34.4 Å². The molecule has 1 aromatic heterocycles. The van der Waals surface area contributed by atoms with E-state index < -0.39 is 0 Å². The van der Waals surface area contributed by atoms with Crippen molar-refractivity contribution in [3.8, 4) is 0 Å². The Bertz CT molecular complexity index is 968. The van der Waals surface area contributed by atoms with Gasteiger partial charge in [0.1, 0.15) is 17.3 Å². The van der Waals surface area contributed by atoms with Gasteiger partial charge in [-0.1, -0.05) is 62.4 Å². The van der Waals surface area contributed by atoms with Gasteiger partial charge in [0.15, 0.2) is 0 Å². The molecule has 3 aromatic rings. The second kappa shape index (κ2) is 8.65. The molecule has 1 heterocycles. The lowest BCUT2D eigenvalue weighted by Crippen LogP contribution is -2.17. The van der Waals surface area contributed by atoms with Crippen LogP contribution in [0.25, 0.3) is 0 Å². The first-order valence-electron chi connectivity index (χ1n) is 9.48. The fourth-order valence-electron chi connectivity index (χ4n) is 3.08. The summed E-state index contributed by atoms with van der Waals surface area (Å²) in [6.07, 6.45) is 0. The van der Waals surface area contributed by atoms with Crippen LogP contribution in [-0.2, 0) is 6.54 Å². The Balaban J connectivity index is 1.80.